The van der Waals surface area contributed by atoms with E-state index in [0.29, 0.717) is 46.4 Å². The molecule has 1 aliphatic carbocycles. The lowest BCUT2D eigenvalue weighted by Gasteiger charge is -2.34. The second kappa shape index (κ2) is 9.27. The molecule has 0 radical (unpaired) electrons. The minimum Gasteiger partial charge on any atom is -0.368 e. The number of rotatable bonds is 6. The quantitative estimate of drug-likeness (QED) is 0.356. The summed E-state index contributed by atoms with van der Waals surface area (Å²) in [5.74, 6) is 1.01. The lowest BCUT2D eigenvalue weighted by molar-refractivity contribution is 0.466. The zero-order chi connectivity index (χ0) is 26.7. The van der Waals surface area contributed by atoms with E-state index < -0.39 is 9.73 Å². The Labute approximate surface area is 227 Å². The van der Waals surface area contributed by atoms with Gasteiger partial charge in [0.1, 0.15) is 5.82 Å². The molecule has 0 spiro atoms. The fraction of sp³-hybridized carbons (Fsp3) is 0.393. The second-order valence-electron chi connectivity index (χ2n) is 11.1. The molecule has 3 aromatic heterocycles. The number of pyridine rings is 1. The predicted octanol–water partition coefficient (Wildman–Crippen LogP) is 4.88. The van der Waals surface area contributed by atoms with Gasteiger partial charge in [0.15, 0.2) is 17.3 Å². The monoisotopic (exact) mass is 546 g/mol. The van der Waals surface area contributed by atoms with Crippen LogP contribution in [0.15, 0.2) is 53.0 Å². The summed E-state index contributed by atoms with van der Waals surface area (Å²) in [4.78, 5) is 16.2. The van der Waals surface area contributed by atoms with Gasteiger partial charge in [-0.15, -0.1) is 0 Å². The first-order valence-electron chi connectivity index (χ1n) is 13.4. The predicted molar refractivity (Wildman–Crippen MR) is 153 cm³/mol. The molecule has 1 aromatic carbocycles. The topological polar surface area (TPSA) is 100 Å². The molecule has 2 N–H and O–H groups in total. The summed E-state index contributed by atoms with van der Waals surface area (Å²) in [7, 11) is -2.39. The maximum atomic E-state index is 15.6. The molecule has 39 heavy (non-hydrogen) atoms. The lowest BCUT2D eigenvalue weighted by Crippen LogP contribution is -2.51. The zero-order valence-corrected chi connectivity index (χ0v) is 22.8. The molecule has 3 aliphatic rings. The van der Waals surface area contributed by atoms with Crippen molar-refractivity contribution in [2.24, 2.45) is 4.36 Å². The van der Waals surface area contributed by atoms with Crippen LogP contribution in [0.25, 0.3) is 16.9 Å². The largest absolute Gasteiger partial charge is 0.368 e. The van der Waals surface area contributed by atoms with Gasteiger partial charge in [-0.3, -0.25) is 4.57 Å². The number of nitrogens with zero attached hydrogens (tertiary/aromatic N) is 6. The molecular formula is C28H31FN8OS. The zero-order valence-electron chi connectivity index (χ0n) is 22.0. The molecule has 7 rings (SSSR count). The van der Waals surface area contributed by atoms with Crippen molar-refractivity contribution in [2.75, 3.05) is 35.8 Å². The highest BCUT2D eigenvalue weighted by Crippen LogP contribution is 2.45. The van der Waals surface area contributed by atoms with Gasteiger partial charge in [-0.1, -0.05) is 6.07 Å². The van der Waals surface area contributed by atoms with Crippen LogP contribution in [-0.4, -0.2) is 61.4 Å². The normalized spacial score (nSPS) is 20.9. The van der Waals surface area contributed by atoms with Crippen molar-refractivity contribution in [3.8, 4) is 5.82 Å². The smallest absolute Gasteiger partial charge is 0.229 e. The number of anilines is 3. The van der Waals surface area contributed by atoms with Gasteiger partial charge in [0.25, 0.3) is 0 Å². The third-order valence-corrected chi connectivity index (χ3v) is 8.24. The van der Waals surface area contributed by atoms with Gasteiger partial charge in [-0.2, -0.15) is 9.35 Å². The number of hydrogen-bond donors (Lipinski definition) is 2. The number of nitrogens with one attached hydrogen (secondary N) is 2. The number of halogens is 1. The fourth-order valence-electron chi connectivity index (χ4n) is 5.76. The van der Waals surface area contributed by atoms with E-state index in [0.717, 1.165) is 31.6 Å². The van der Waals surface area contributed by atoms with Crippen molar-refractivity contribution in [3.63, 3.8) is 0 Å². The number of benzene rings is 1. The van der Waals surface area contributed by atoms with Crippen molar-refractivity contribution >= 4 is 43.9 Å². The van der Waals surface area contributed by atoms with E-state index in [2.05, 4.69) is 42.0 Å². The summed E-state index contributed by atoms with van der Waals surface area (Å²) in [5, 5.41) is 7.31. The van der Waals surface area contributed by atoms with E-state index in [1.807, 2.05) is 12.1 Å². The van der Waals surface area contributed by atoms with Gasteiger partial charge in [-0.05, 0) is 62.1 Å². The molecule has 2 saturated heterocycles. The minimum absolute atomic E-state index is 0.104. The average molecular weight is 547 g/mol. The summed E-state index contributed by atoms with van der Waals surface area (Å²) in [5.41, 5.74) is 3.07. The first-order valence-corrected chi connectivity index (χ1v) is 15.7. The van der Waals surface area contributed by atoms with Gasteiger partial charge in [-0.25, -0.2) is 18.6 Å². The van der Waals surface area contributed by atoms with Gasteiger partial charge in [0, 0.05) is 70.9 Å². The van der Waals surface area contributed by atoms with Gasteiger partial charge in [0.2, 0.25) is 5.95 Å². The molecule has 1 saturated carbocycles. The molecule has 0 amide bonds. The standard InChI is InChI=1S/C28H31FN8OS/c1-39(2,38)35-23-4-3-5-24(33-23)37-26(17-6-7-17)25(29)22-14-30-28(34-27(22)37)32-18-10-12-21(13-11-18)36-15-19-8-9-20(16-36)31-19/h3-5,10-14,17,19-20,31H,6-9,15-16H2,1-2H3,(H,30,32,34). The molecule has 11 heteroatoms. The SMILES string of the molecule is CS(C)(=O)=Nc1cccc(-n2c(C3CC3)c(F)c3cnc(Nc4ccc(N5CC6CCC(C5)N6)cc4)nc32)n1. The van der Waals surface area contributed by atoms with Crippen molar-refractivity contribution in [3.05, 3.63) is 60.2 Å². The lowest BCUT2D eigenvalue weighted by atomic mass is 10.2. The Bertz CT molecular complexity index is 1670. The molecule has 2 unspecified atom stereocenters. The summed E-state index contributed by atoms with van der Waals surface area (Å²) in [6.07, 6.45) is 8.98. The number of fused-ring (bicyclic) bond motifs is 3. The first kappa shape index (κ1) is 24.5. The van der Waals surface area contributed by atoms with Crippen LogP contribution < -0.4 is 15.5 Å². The van der Waals surface area contributed by atoms with Crippen LogP contribution in [-0.2, 0) is 9.73 Å². The van der Waals surface area contributed by atoms with Crippen LogP contribution in [0.4, 0.5) is 27.5 Å². The summed E-state index contributed by atoms with van der Waals surface area (Å²) < 4.78 is 33.9. The maximum absolute atomic E-state index is 15.6. The van der Waals surface area contributed by atoms with E-state index in [9.17, 15) is 4.21 Å². The molecule has 202 valence electrons. The van der Waals surface area contributed by atoms with E-state index in [4.69, 9.17) is 4.98 Å². The number of hydrogen-bond acceptors (Lipinski definition) is 8. The van der Waals surface area contributed by atoms with E-state index >= 15 is 4.39 Å². The fourth-order valence-corrected chi connectivity index (χ4v) is 6.32. The van der Waals surface area contributed by atoms with Crippen molar-refractivity contribution in [2.45, 2.75) is 43.7 Å². The summed E-state index contributed by atoms with van der Waals surface area (Å²) in [6, 6.07) is 14.8. The van der Waals surface area contributed by atoms with Crippen LogP contribution in [0.3, 0.4) is 0 Å². The van der Waals surface area contributed by atoms with Gasteiger partial charge in [0.05, 0.1) is 11.1 Å². The maximum Gasteiger partial charge on any atom is 0.229 e. The minimum atomic E-state index is -2.39. The molecule has 2 atom stereocenters. The average Bonchev–Trinajstić information content (AvgIpc) is 3.63. The third kappa shape index (κ3) is 4.85. The van der Waals surface area contributed by atoms with Crippen molar-refractivity contribution in [1.29, 1.82) is 0 Å². The molecular weight excluding hydrogens is 515 g/mol. The number of piperazine rings is 1. The highest BCUT2D eigenvalue weighted by molar-refractivity contribution is 7.92. The van der Waals surface area contributed by atoms with Crippen LogP contribution in [0.2, 0.25) is 0 Å². The molecule has 9 nitrogen and oxygen atoms in total. The summed E-state index contributed by atoms with van der Waals surface area (Å²) >= 11 is 0. The molecule has 5 heterocycles. The van der Waals surface area contributed by atoms with Crippen molar-refractivity contribution < 1.29 is 8.60 Å². The highest BCUT2D eigenvalue weighted by atomic mass is 32.2. The van der Waals surface area contributed by atoms with E-state index in [-0.39, 0.29) is 11.7 Å². The van der Waals surface area contributed by atoms with Gasteiger partial charge < -0.3 is 15.5 Å². The Hall–Kier alpha value is -3.57. The van der Waals surface area contributed by atoms with Crippen LogP contribution in [0.5, 0.6) is 0 Å². The molecule has 4 aromatic rings. The third-order valence-electron chi connectivity index (χ3n) is 7.61. The Kier molecular flexibility index (Phi) is 5.82. The highest BCUT2D eigenvalue weighted by Gasteiger charge is 2.34. The van der Waals surface area contributed by atoms with E-state index in [1.54, 1.807) is 35.3 Å². The van der Waals surface area contributed by atoms with Crippen LogP contribution in [0, 0.1) is 5.82 Å². The van der Waals surface area contributed by atoms with E-state index in [1.165, 1.54) is 24.7 Å². The Morgan fingerprint density at radius 3 is 2.46 bits per heavy atom. The van der Waals surface area contributed by atoms with Crippen LogP contribution >= 0.6 is 0 Å². The molecule has 2 aliphatic heterocycles. The first-order chi connectivity index (χ1) is 18.8. The van der Waals surface area contributed by atoms with Crippen molar-refractivity contribution in [1.82, 2.24) is 24.8 Å². The Balaban J connectivity index is 1.22. The second-order valence-corrected chi connectivity index (χ2v) is 13.6. The Morgan fingerprint density at radius 2 is 1.77 bits per heavy atom. The van der Waals surface area contributed by atoms with Gasteiger partial charge >= 0.3 is 0 Å². The molecule has 2 bridgehead atoms. The number of aromatic nitrogens is 4. The Morgan fingerprint density at radius 1 is 1.03 bits per heavy atom. The molecule has 3 fully saturated rings. The summed E-state index contributed by atoms with van der Waals surface area (Å²) in [6.45, 7) is 2.07. The van der Waals surface area contributed by atoms with Crippen LogP contribution in [0.1, 0.15) is 37.3 Å².